The Morgan fingerprint density at radius 1 is 1.38 bits per heavy atom. The first-order chi connectivity index (χ1) is 11.1. The number of fused-ring (bicyclic) bond motifs is 1. The van der Waals surface area contributed by atoms with E-state index >= 15 is 0 Å². The van der Waals surface area contributed by atoms with Crippen molar-refractivity contribution in [3.8, 4) is 5.75 Å². The second kappa shape index (κ2) is 6.62. The molecule has 2 rings (SSSR count). The molecule has 24 heavy (non-hydrogen) atoms. The van der Waals surface area contributed by atoms with Crippen molar-refractivity contribution in [3.05, 3.63) is 29.3 Å². The number of carbonyl (C=O) groups is 2. The van der Waals surface area contributed by atoms with Crippen LogP contribution in [-0.2, 0) is 9.53 Å². The van der Waals surface area contributed by atoms with Crippen LogP contribution in [0, 0.1) is 11.6 Å². The molecule has 0 saturated carbocycles. The normalized spacial score (nSPS) is 18.1. The Balaban J connectivity index is 2.31. The zero-order valence-corrected chi connectivity index (χ0v) is 13.6. The van der Waals surface area contributed by atoms with Gasteiger partial charge < -0.3 is 19.9 Å². The number of benzene rings is 1. The highest BCUT2D eigenvalue weighted by Crippen LogP contribution is 2.38. The largest absolute Gasteiger partial charge is 0.490 e. The van der Waals surface area contributed by atoms with E-state index < -0.39 is 41.3 Å². The Bertz CT molecular complexity index is 657. The lowest BCUT2D eigenvalue weighted by Gasteiger charge is -2.31. The van der Waals surface area contributed by atoms with E-state index in [0.29, 0.717) is 6.07 Å². The summed E-state index contributed by atoms with van der Waals surface area (Å²) in [5.74, 6) is -4.11. The molecule has 1 aromatic carbocycles. The van der Waals surface area contributed by atoms with Gasteiger partial charge in [-0.05, 0) is 33.3 Å². The number of halogens is 2. The van der Waals surface area contributed by atoms with E-state index in [-0.39, 0.29) is 24.3 Å². The van der Waals surface area contributed by atoms with Crippen LogP contribution in [-0.4, -0.2) is 35.4 Å². The van der Waals surface area contributed by atoms with Crippen molar-refractivity contribution in [2.45, 2.75) is 44.8 Å². The van der Waals surface area contributed by atoms with E-state index in [9.17, 15) is 23.5 Å². The van der Waals surface area contributed by atoms with Gasteiger partial charge in [0.15, 0.2) is 11.6 Å². The number of hydrogen-bond acceptors (Lipinski definition) is 4. The number of ether oxygens (including phenoxy) is 2. The van der Waals surface area contributed by atoms with Gasteiger partial charge >= 0.3 is 12.1 Å². The minimum atomic E-state index is -1.40. The van der Waals surface area contributed by atoms with Gasteiger partial charge in [0.05, 0.1) is 6.61 Å². The van der Waals surface area contributed by atoms with Crippen LogP contribution >= 0.6 is 0 Å². The van der Waals surface area contributed by atoms with Crippen molar-refractivity contribution >= 4 is 12.1 Å². The molecule has 132 valence electrons. The molecule has 6 nitrogen and oxygen atoms in total. The van der Waals surface area contributed by atoms with Crippen LogP contribution in [0.2, 0.25) is 0 Å². The van der Waals surface area contributed by atoms with Gasteiger partial charge in [-0.2, -0.15) is 0 Å². The SMILES string of the molecule is CC(C)(C)OC(=O)NC(C(=O)O)[C@H]1CCOc2c(F)cc(F)cc21. The maximum absolute atomic E-state index is 13.8. The molecule has 0 aromatic heterocycles. The van der Waals surface area contributed by atoms with Gasteiger partial charge in [-0.1, -0.05) is 0 Å². The van der Waals surface area contributed by atoms with Crippen molar-refractivity contribution in [3.63, 3.8) is 0 Å². The number of nitrogens with one attached hydrogen (secondary N) is 1. The molecule has 0 saturated heterocycles. The summed E-state index contributed by atoms with van der Waals surface area (Å²) in [6.45, 7) is 4.96. The predicted molar refractivity (Wildman–Crippen MR) is 80.0 cm³/mol. The van der Waals surface area contributed by atoms with Crippen LogP contribution < -0.4 is 10.1 Å². The third-order valence-corrected chi connectivity index (χ3v) is 3.45. The highest BCUT2D eigenvalue weighted by Gasteiger charge is 2.37. The standard InChI is InChI=1S/C16H19F2NO5/c1-16(2,3)24-15(22)19-12(14(20)21)9-4-5-23-13-10(9)6-8(17)7-11(13)18/h6-7,9,12H,4-5H2,1-3H3,(H,19,22)(H,20,21)/t9-,12?/m0/s1. The van der Waals surface area contributed by atoms with Gasteiger partial charge in [-0.3, -0.25) is 0 Å². The van der Waals surface area contributed by atoms with Gasteiger partial charge in [0.1, 0.15) is 17.5 Å². The van der Waals surface area contributed by atoms with Gasteiger partial charge in [0.25, 0.3) is 0 Å². The van der Waals surface area contributed by atoms with E-state index in [1.807, 2.05) is 0 Å². The van der Waals surface area contributed by atoms with Crippen molar-refractivity contribution in [1.29, 1.82) is 0 Å². The van der Waals surface area contributed by atoms with Crippen LogP contribution in [0.15, 0.2) is 12.1 Å². The highest BCUT2D eigenvalue weighted by molar-refractivity contribution is 5.81. The van der Waals surface area contributed by atoms with Gasteiger partial charge in [0.2, 0.25) is 0 Å². The molecule has 0 fully saturated rings. The van der Waals surface area contributed by atoms with E-state index in [2.05, 4.69) is 5.32 Å². The smallest absolute Gasteiger partial charge is 0.408 e. The summed E-state index contributed by atoms with van der Waals surface area (Å²) < 4.78 is 37.6. The van der Waals surface area contributed by atoms with E-state index in [4.69, 9.17) is 9.47 Å². The summed E-state index contributed by atoms with van der Waals surface area (Å²) in [7, 11) is 0. The molecule has 1 unspecified atom stereocenters. The lowest BCUT2D eigenvalue weighted by molar-refractivity contribution is -0.140. The average molecular weight is 343 g/mol. The lowest BCUT2D eigenvalue weighted by atomic mass is 9.86. The molecular weight excluding hydrogens is 324 g/mol. The highest BCUT2D eigenvalue weighted by atomic mass is 19.1. The monoisotopic (exact) mass is 343 g/mol. The van der Waals surface area contributed by atoms with E-state index in [1.54, 1.807) is 20.8 Å². The fraction of sp³-hybridized carbons (Fsp3) is 0.500. The molecule has 2 N–H and O–H groups in total. The average Bonchev–Trinajstić information content (AvgIpc) is 2.42. The molecule has 1 heterocycles. The topological polar surface area (TPSA) is 84.9 Å². The van der Waals surface area contributed by atoms with Crippen molar-refractivity contribution in [2.24, 2.45) is 0 Å². The number of carbonyl (C=O) groups excluding carboxylic acids is 1. The third kappa shape index (κ3) is 4.12. The Morgan fingerprint density at radius 2 is 2.04 bits per heavy atom. The number of aliphatic carboxylic acids is 1. The second-order valence-electron chi connectivity index (χ2n) is 6.51. The summed E-state index contributed by atoms with van der Waals surface area (Å²) in [6.07, 6.45) is -0.734. The van der Waals surface area contributed by atoms with Gasteiger partial charge in [-0.25, -0.2) is 18.4 Å². The first-order valence-electron chi connectivity index (χ1n) is 7.42. The maximum Gasteiger partial charge on any atom is 0.408 e. The number of alkyl carbamates (subject to hydrolysis) is 1. The van der Waals surface area contributed by atoms with Gasteiger partial charge in [0, 0.05) is 17.5 Å². The number of rotatable bonds is 3. The van der Waals surface area contributed by atoms with E-state index in [0.717, 1.165) is 6.07 Å². The first kappa shape index (κ1) is 18.0. The van der Waals surface area contributed by atoms with Crippen LogP contribution in [0.25, 0.3) is 0 Å². The Morgan fingerprint density at radius 3 is 2.62 bits per heavy atom. The molecule has 1 aliphatic rings. The summed E-state index contributed by atoms with van der Waals surface area (Å²) in [5.41, 5.74) is -0.735. The molecule has 0 spiro atoms. The number of amides is 1. The lowest BCUT2D eigenvalue weighted by Crippen LogP contribution is -2.47. The first-order valence-corrected chi connectivity index (χ1v) is 7.42. The minimum Gasteiger partial charge on any atom is -0.490 e. The molecule has 0 aliphatic carbocycles. The molecule has 1 aromatic rings. The number of carboxylic acids is 1. The fourth-order valence-electron chi connectivity index (χ4n) is 2.57. The minimum absolute atomic E-state index is 0.0556. The Hall–Kier alpha value is -2.38. The van der Waals surface area contributed by atoms with Crippen LogP contribution in [0.3, 0.4) is 0 Å². The zero-order valence-electron chi connectivity index (χ0n) is 13.6. The van der Waals surface area contributed by atoms with Crippen molar-refractivity contribution in [1.82, 2.24) is 5.32 Å². The third-order valence-electron chi connectivity index (χ3n) is 3.45. The second-order valence-corrected chi connectivity index (χ2v) is 6.51. The van der Waals surface area contributed by atoms with Gasteiger partial charge in [-0.15, -0.1) is 0 Å². The molecule has 1 amide bonds. The fourth-order valence-corrected chi connectivity index (χ4v) is 2.57. The number of hydrogen-bond donors (Lipinski definition) is 2. The molecule has 0 bridgehead atoms. The quantitative estimate of drug-likeness (QED) is 0.881. The molecule has 2 atom stereocenters. The summed E-state index contributed by atoms with van der Waals surface area (Å²) in [5, 5.41) is 11.7. The molecule has 1 aliphatic heterocycles. The Kier molecular flexibility index (Phi) is 4.96. The maximum atomic E-state index is 13.8. The number of carboxylic acid groups (broad SMARTS) is 1. The Labute approximate surface area is 137 Å². The summed E-state index contributed by atoms with van der Waals surface area (Å²) in [6, 6.07) is 0.288. The van der Waals surface area contributed by atoms with Crippen LogP contribution in [0.1, 0.15) is 38.7 Å². The summed E-state index contributed by atoms with van der Waals surface area (Å²) in [4.78, 5) is 23.5. The molecular formula is C16H19F2NO5. The van der Waals surface area contributed by atoms with E-state index in [1.165, 1.54) is 0 Å². The molecule has 0 radical (unpaired) electrons. The van der Waals surface area contributed by atoms with Crippen molar-refractivity contribution in [2.75, 3.05) is 6.61 Å². The van der Waals surface area contributed by atoms with Crippen LogP contribution in [0.5, 0.6) is 5.75 Å². The zero-order chi connectivity index (χ0) is 18.1. The molecule has 8 heteroatoms. The van der Waals surface area contributed by atoms with Crippen LogP contribution in [0.4, 0.5) is 13.6 Å². The predicted octanol–water partition coefficient (Wildman–Crippen LogP) is 2.81. The van der Waals surface area contributed by atoms with Crippen molar-refractivity contribution < 1.29 is 33.0 Å². The summed E-state index contributed by atoms with van der Waals surface area (Å²) >= 11 is 0.